The highest BCUT2D eigenvalue weighted by Crippen LogP contribution is 2.02. The Bertz CT molecular complexity index is 151. The van der Waals surface area contributed by atoms with Gasteiger partial charge in [0.2, 0.25) is 0 Å². The van der Waals surface area contributed by atoms with Crippen molar-refractivity contribution in [2.75, 3.05) is 41.4 Å². The summed E-state index contributed by atoms with van der Waals surface area (Å²) >= 11 is 0. The van der Waals surface area contributed by atoms with E-state index in [1.54, 1.807) is 0 Å². The summed E-state index contributed by atoms with van der Waals surface area (Å²) in [5.74, 6) is -1.56. The molecule has 0 saturated carbocycles. The van der Waals surface area contributed by atoms with Gasteiger partial charge in [0.1, 0.15) is 0 Å². The maximum atomic E-state index is 10.6. The summed E-state index contributed by atoms with van der Waals surface area (Å²) in [5.41, 5.74) is 0. The minimum Gasteiger partial charge on any atom is -0.550 e. The molecule has 0 aromatic rings. The molecule has 0 amide bonds. The van der Waals surface area contributed by atoms with E-state index in [2.05, 4.69) is 0 Å². The predicted molar refractivity (Wildman–Crippen MR) is 43.3 cm³/mol. The largest absolute Gasteiger partial charge is 0.550 e. The molecule has 0 saturated heterocycles. The van der Waals surface area contributed by atoms with Gasteiger partial charge in [0, 0.05) is 7.11 Å². The highest BCUT2D eigenvalue weighted by atomic mass is 16.5. The van der Waals surface area contributed by atoms with Gasteiger partial charge in [0.25, 0.3) is 0 Å². The Kier molecular flexibility index (Phi) is 4.20. The first-order chi connectivity index (χ1) is 5.37. The molecule has 0 bridgehead atoms. The fourth-order valence-corrected chi connectivity index (χ4v) is 1.06. The Morgan fingerprint density at radius 1 is 1.50 bits per heavy atom. The van der Waals surface area contributed by atoms with Crippen LogP contribution in [0.1, 0.15) is 0 Å². The molecule has 72 valence electrons. The number of carboxylic acids is 1. The number of rotatable bonds is 5. The third-order valence-electron chi connectivity index (χ3n) is 1.47. The summed E-state index contributed by atoms with van der Waals surface area (Å²) in [7, 11) is 7.30. The topological polar surface area (TPSA) is 49.4 Å². The Hall–Kier alpha value is -0.610. The van der Waals surface area contributed by atoms with Crippen LogP contribution in [0.15, 0.2) is 0 Å². The third-order valence-corrected chi connectivity index (χ3v) is 1.47. The molecule has 0 aliphatic heterocycles. The lowest BCUT2D eigenvalue weighted by atomic mass is 10.1. The zero-order valence-corrected chi connectivity index (χ0v) is 8.16. The van der Waals surface area contributed by atoms with Crippen molar-refractivity contribution >= 4 is 5.97 Å². The molecule has 0 fully saturated rings. The predicted octanol–water partition coefficient (Wildman–Crippen LogP) is -1.29. The van der Waals surface area contributed by atoms with Crippen molar-refractivity contribution in [2.45, 2.75) is 0 Å². The number of nitrogens with zero attached hydrogens (tertiary/aromatic N) is 1. The normalized spacial score (nSPS) is 14.3. The Morgan fingerprint density at radius 3 is 2.25 bits per heavy atom. The summed E-state index contributed by atoms with van der Waals surface area (Å²) in [6.45, 7) is 0.744. The lowest BCUT2D eigenvalue weighted by molar-refractivity contribution is -0.873. The van der Waals surface area contributed by atoms with Crippen molar-refractivity contribution in [3.05, 3.63) is 0 Å². The van der Waals surface area contributed by atoms with Gasteiger partial charge < -0.3 is 19.1 Å². The van der Waals surface area contributed by atoms with Crippen LogP contribution in [-0.2, 0) is 9.53 Å². The molecule has 12 heavy (non-hydrogen) atoms. The minimum absolute atomic E-state index is 0.220. The molecule has 0 aliphatic carbocycles. The fourth-order valence-electron chi connectivity index (χ4n) is 1.06. The SMILES string of the molecule is COC[C@@H](C[N+](C)(C)C)C(=O)[O-]. The second-order valence-corrected chi connectivity index (χ2v) is 3.94. The van der Waals surface area contributed by atoms with E-state index in [0.717, 1.165) is 0 Å². The number of ether oxygens (including phenoxy) is 1. The third kappa shape index (κ3) is 5.09. The second-order valence-electron chi connectivity index (χ2n) is 3.94. The van der Waals surface area contributed by atoms with Crippen molar-refractivity contribution in [3.8, 4) is 0 Å². The molecule has 0 aromatic carbocycles. The molecule has 0 spiro atoms. The van der Waals surface area contributed by atoms with Crippen LogP contribution in [0.3, 0.4) is 0 Å². The van der Waals surface area contributed by atoms with Crippen molar-refractivity contribution < 1.29 is 19.1 Å². The number of quaternary nitrogens is 1. The standard InChI is InChI=1S/C8H17NO3/c1-9(2,3)5-7(6-12-4)8(10)11/h7H,5-6H2,1-4H3/t7-/m1/s1. The van der Waals surface area contributed by atoms with E-state index in [4.69, 9.17) is 4.74 Å². The number of carboxylic acid groups (broad SMARTS) is 1. The molecule has 0 unspecified atom stereocenters. The molecular weight excluding hydrogens is 158 g/mol. The van der Waals surface area contributed by atoms with Gasteiger partial charge in [-0.25, -0.2) is 0 Å². The smallest absolute Gasteiger partial charge is 0.0884 e. The highest BCUT2D eigenvalue weighted by molar-refractivity contribution is 5.67. The summed E-state index contributed by atoms with van der Waals surface area (Å²) < 4.78 is 5.38. The lowest BCUT2D eigenvalue weighted by Gasteiger charge is -2.29. The van der Waals surface area contributed by atoms with Gasteiger partial charge in [0.05, 0.1) is 46.2 Å². The first-order valence-electron chi connectivity index (χ1n) is 3.87. The van der Waals surface area contributed by atoms with Gasteiger partial charge in [0.15, 0.2) is 0 Å². The first-order valence-corrected chi connectivity index (χ1v) is 3.87. The van der Waals surface area contributed by atoms with E-state index < -0.39 is 11.9 Å². The van der Waals surface area contributed by atoms with Gasteiger partial charge in [-0.3, -0.25) is 0 Å². The van der Waals surface area contributed by atoms with Crippen molar-refractivity contribution in [3.63, 3.8) is 0 Å². The quantitative estimate of drug-likeness (QED) is 0.488. The second kappa shape index (κ2) is 4.42. The lowest BCUT2D eigenvalue weighted by Crippen LogP contribution is -2.47. The summed E-state index contributed by atoms with van der Waals surface area (Å²) in [6.07, 6.45) is 0. The van der Waals surface area contributed by atoms with Gasteiger partial charge in [-0.05, 0) is 0 Å². The number of methoxy groups -OCH3 is 1. The first kappa shape index (κ1) is 11.4. The maximum absolute atomic E-state index is 10.6. The van der Waals surface area contributed by atoms with Crippen LogP contribution < -0.4 is 5.11 Å². The maximum Gasteiger partial charge on any atom is 0.0884 e. The minimum atomic E-state index is -1.04. The Labute approximate surface area is 73.3 Å². The van der Waals surface area contributed by atoms with Crippen molar-refractivity contribution in [2.24, 2.45) is 5.92 Å². The summed E-state index contributed by atoms with van der Waals surface area (Å²) in [4.78, 5) is 10.6. The number of hydrogen-bond acceptors (Lipinski definition) is 3. The van der Waals surface area contributed by atoms with Crippen molar-refractivity contribution in [1.29, 1.82) is 0 Å². The fraction of sp³-hybridized carbons (Fsp3) is 0.875. The highest BCUT2D eigenvalue weighted by Gasteiger charge is 2.18. The number of carbonyl (C=O) groups excluding carboxylic acids is 1. The van der Waals surface area contributed by atoms with Crippen LogP contribution in [0.2, 0.25) is 0 Å². The van der Waals surface area contributed by atoms with Crippen LogP contribution >= 0.6 is 0 Å². The van der Waals surface area contributed by atoms with Crippen LogP contribution in [0, 0.1) is 5.92 Å². The molecule has 1 atom stereocenters. The molecule has 0 aromatic heterocycles. The number of aliphatic carboxylic acids is 1. The molecule has 0 aliphatic rings. The molecule has 0 N–H and O–H groups in total. The van der Waals surface area contributed by atoms with Gasteiger partial charge in [-0.2, -0.15) is 0 Å². The molecule has 4 heteroatoms. The molecule has 0 radical (unpaired) electrons. The molecule has 0 rings (SSSR count). The van der Waals surface area contributed by atoms with Crippen molar-refractivity contribution in [1.82, 2.24) is 0 Å². The van der Waals surface area contributed by atoms with Gasteiger partial charge in [-0.15, -0.1) is 0 Å². The average Bonchev–Trinajstić information content (AvgIpc) is 1.83. The zero-order chi connectivity index (χ0) is 9.78. The average molecular weight is 175 g/mol. The van der Waals surface area contributed by atoms with Gasteiger partial charge >= 0.3 is 0 Å². The Balaban J connectivity index is 4.05. The van der Waals surface area contributed by atoms with E-state index in [9.17, 15) is 9.90 Å². The van der Waals surface area contributed by atoms with E-state index >= 15 is 0 Å². The van der Waals surface area contributed by atoms with Crippen LogP contribution in [0.4, 0.5) is 0 Å². The van der Waals surface area contributed by atoms with E-state index in [0.29, 0.717) is 11.0 Å². The Morgan fingerprint density at radius 2 is 2.00 bits per heavy atom. The number of hydrogen-bond donors (Lipinski definition) is 0. The number of carbonyl (C=O) groups is 1. The van der Waals surface area contributed by atoms with Gasteiger partial charge in [-0.1, -0.05) is 0 Å². The summed E-state index contributed by atoms with van der Waals surface area (Å²) in [5, 5.41) is 10.6. The van der Waals surface area contributed by atoms with E-state index in [1.807, 2.05) is 21.1 Å². The molecule has 4 nitrogen and oxygen atoms in total. The van der Waals surface area contributed by atoms with Crippen LogP contribution in [-0.4, -0.2) is 51.9 Å². The summed E-state index contributed by atoms with van der Waals surface area (Å²) in [6, 6.07) is 0. The van der Waals surface area contributed by atoms with E-state index in [1.165, 1.54) is 7.11 Å². The van der Waals surface area contributed by atoms with Crippen LogP contribution in [0.5, 0.6) is 0 Å². The van der Waals surface area contributed by atoms with Crippen LogP contribution in [0.25, 0.3) is 0 Å². The van der Waals surface area contributed by atoms with E-state index in [-0.39, 0.29) is 6.61 Å². The monoisotopic (exact) mass is 175 g/mol. The molecule has 0 heterocycles. The zero-order valence-electron chi connectivity index (χ0n) is 8.16. The molecular formula is C8H17NO3.